The van der Waals surface area contributed by atoms with Gasteiger partial charge in [0.05, 0.1) is 48.1 Å². The molecule has 59 heavy (non-hydrogen) atoms. The quantitative estimate of drug-likeness (QED) is 0.166. The normalized spacial score (nSPS) is 18.2. The molecule has 6 aliphatic rings. The van der Waals surface area contributed by atoms with E-state index in [1.54, 1.807) is 14.2 Å². The predicted octanol–water partition coefficient (Wildman–Crippen LogP) is 8.13. The van der Waals surface area contributed by atoms with Crippen molar-refractivity contribution in [3.63, 3.8) is 0 Å². The van der Waals surface area contributed by atoms with Crippen LogP contribution in [0.25, 0.3) is 45.0 Å². The second-order valence-corrected chi connectivity index (χ2v) is 17.5. The lowest BCUT2D eigenvalue weighted by molar-refractivity contribution is 0.0782. The Bertz CT molecular complexity index is 2700. The Morgan fingerprint density at radius 2 is 1.17 bits per heavy atom. The molecule has 0 bridgehead atoms. The number of ether oxygens (including phenoxy) is 2. The van der Waals surface area contributed by atoms with Crippen molar-refractivity contribution < 1.29 is 19.1 Å². The molecular weight excluding hydrogens is 737 g/mol. The summed E-state index contributed by atoms with van der Waals surface area (Å²) < 4.78 is 12.8. The van der Waals surface area contributed by atoms with Crippen LogP contribution in [0.1, 0.15) is 92.9 Å². The number of aromatic amines is 1. The lowest BCUT2D eigenvalue weighted by Crippen LogP contribution is -2.58. The van der Waals surface area contributed by atoms with Crippen LogP contribution in [-0.4, -0.2) is 56.6 Å². The van der Waals surface area contributed by atoms with Gasteiger partial charge in [0.25, 0.3) is 11.8 Å². The van der Waals surface area contributed by atoms with Gasteiger partial charge < -0.3 is 29.7 Å². The first-order valence-electron chi connectivity index (χ1n) is 21.1. The molecule has 0 saturated heterocycles. The number of hydrogen-bond donors (Lipinski definition) is 3. The van der Waals surface area contributed by atoms with Crippen molar-refractivity contribution in [3.05, 3.63) is 118 Å². The number of nitrogens with zero attached hydrogens (tertiary/aromatic N) is 3. The van der Waals surface area contributed by atoms with Gasteiger partial charge in [-0.2, -0.15) is 0 Å². The summed E-state index contributed by atoms with van der Waals surface area (Å²) in [5.41, 5.74) is 17.7. The first-order chi connectivity index (χ1) is 28.7. The number of aromatic nitrogens is 4. The fourth-order valence-corrected chi connectivity index (χ4v) is 10.7. The van der Waals surface area contributed by atoms with Gasteiger partial charge in [-0.3, -0.25) is 19.6 Å². The third-order valence-electron chi connectivity index (χ3n) is 14.2. The highest BCUT2D eigenvalue weighted by molar-refractivity contribution is 6.02. The molecule has 3 N–H and O–H groups in total. The molecule has 0 atom stereocenters. The maximum Gasteiger partial charge on any atom is 0.253 e. The number of benzene rings is 2. The molecular formula is C49H48N6O4. The van der Waals surface area contributed by atoms with Crippen LogP contribution in [0.15, 0.2) is 73.1 Å². The summed E-state index contributed by atoms with van der Waals surface area (Å²) in [5, 5.41) is 6.65. The van der Waals surface area contributed by atoms with Crippen molar-refractivity contribution in [3.8, 4) is 56.5 Å². The molecule has 2 amide bonds. The number of amides is 2. The number of H-pyrrole nitrogens is 1. The number of pyridine rings is 2. The maximum absolute atomic E-state index is 13.1. The van der Waals surface area contributed by atoms with Gasteiger partial charge in [-0.05, 0) is 147 Å². The molecule has 10 heteroatoms. The van der Waals surface area contributed by atoms with Crippen LogP contribution in [0, 0.1) is 0 Å². The number of methoxy groups -OCH3 is 2. The molecule has 6 heterocycles. The Balaban J connectivity index is 0.000000135. The van der Waals surface area contributed by atoms with Crippen molar-refractivity contribution in [1.29, 1.82) is 0 Å². The Kier molecular flexibility index (Phi) is 8.19. The van der Waals surface area contributed by atoms with Crippen molar-refractivity contribution in [2.45, 2.75) is 88.1 Å². The van der Waals surface area contributed by atoms with Crippen molar-refractivity contribution in [2.24, 2.45) is 7.05 Å². The molecule has 0 unspecified atom stereocenters. The lowest BCUT2D eigenvalue weighted by Gasteiger charge is -2.45. The molecule has 2 fully saturated rings. The third-order valence-corrected chi connectivity index (χ3v) is 14.2. The van der Waals surface area contributed by atoms with Crippen LogP contribution in [-0.2, 0) is 45.6 Å². The largest absolute Gasteiger partial charge is 0.497 e. The summed E-state index contributed by atoms with van der Waals surface area (Å²) in [4.78, 5) is 39.1. The van der Waals surface area contributed by atoms with Gasteiger partial charge in [0.1, 0.15) is 11.5 Å². The number of hydrogen-bond acceptors (Lipinski definition) is 6. The fraction of sp³-hybridized carbons (Fsp3) is 0.347. The highest BCUT2D eigenvalue weighted by Crippen LogP contribution is 2.46. The molecule has 2 spiro atoms. The second kappa shape index (κ2) is 13.4. The van der Waals surface area contributed by atoms with Gasteiger partial charge in [-0.25, -0.2) is 0 Å². The third kappa shape index (κ3) is 5.74. The van der Waals surface area contributed by atoms with E-state index in [0.29, 0.717) is 0 Å². The zero-order valence-corrected chi connectivity index (χ0v) is 33.9. The van der Waals surface area contributed by atoms with E-state index in [9.17, 15) is 9.59 Å². The topological polar surface area (TPSA) is 123 Å². The van der Waals surface area contributed by atoms with Crippen molar-refractivity contribution >= 4 is 11.8 Å². The summed E-state index contributed by atoms with van der Waals surface area (Å²) in [7, 11) is 5.48. The fourth-order valence-electron chi connectivity index (χ4n) is 10.7. The minimum Gasteiger partial charge on any atom is -0.497 e. The minimum atomic E-state index is -0.00708. The standard InChI is InChI=1S/C25H25N3O2.C24H23N3O2/c1-28-21-13-25(10-3-11-25)27-24(29)22(21)18-9-6-16-14-26-20(12-19(16)23(18)28)15-4-7-17(30-2)8-5-15;1-29-16-6-3-14(4-7-16)19-11-18-15(13-25-19)5-8-17-21-20(26-22(17)18)12-24(9-2-10-24)27-23(21)28/h4-5,7-8,12,14H,3,6,9-11,13H2,1-2H3,(H,27,29);3-4,6-7,11,13,26H,2,5,8-10,12H2,1H3,(H,27,28). The Labute approximate surface area is 343 Å². The Hall–Kier alpha value is -6.16. The number of aryl methyl sites for hydroxylation is 2. The van der Waals surface area contributed by atoms with Gasteiger partial charge >= 0.3 is 0 Å². The molecule has 2 aliphatic heterocycles. The van der Waals surface area contributed by atoms with Crippen LogP contribution in [0.4, 0.5) is 0 Å². The molecule has 2 aromatic carbocycles. The van der Waals surface area contributed by atoms with E-state index in [2.05, 4.69) is 39.4 Å². The number of carbonyl (C=O) groups is 2. The monoisotopic (exact) mass is 784 g/mol. The highest BCUT2D eigenvalue weighted by atomic mass is 16.5. The molecule has 4 aliphatic carbocycles. The van der Waals surface area contributed by atoms with Crippen LogP contribution in [0.5, 0.6) is 11.5 Å². The molecule has 4 aromatic heterocycles. The smallest absolute Gasteiger partial charge is 0.253 e. The van der Waals surface area contributed by atoms with Gasteiger partial charge in [-0.15, -0.1) is 0 Å². The summed E-state index contributed by atoms with van der Waals surface area (Å²) in [6.45, 7) is 0. The summed E-state index contributed by atoms with van der Waals surface area (Å²) >= 11 is 0. The van der Waals surface area contributed by atoms with Crippen LogP contribution >= 0.6 is 0 Å². The summed E-state index contributed by atoms with van der Waals surface area (Å²) in [5.74, 6) is 1.91. The number of fused-ring (bicyclic) bond motifs is 10. The molecule has 298 valence electrons. The van der Waals surface area contributed by atoms with E-state index < -0.39 is 0 Å². The zero-order chi connectivity index (χ0) is 40.0. The molecule has 6 aromatic rings. The maximum atomic E-state index is 13.1. The first-order valence-corrected chi connectivity index (χ1v) is 21.1. The first kappa shape index (κ1) is 36.0. The van der Waals surface area contributed by atoms with Gasteiger partial charge in [0, 0.05) is 77.0 Å². The zero-order valence-electron chi connectivity index (χ0n) is 33.9. The van der Waals surface area contributed by atoms with E-state index in [1.165, 1.54) is 57.6 Å². The van der Waals surface area contributed by atoms with Crippen molar-refractivity contribution in [1.82, 2.24) is 30.2 Å². The second-order valence-electron chi connectivity index (χ2n) is 17.5. The van der Waals surface area contributed by atoms with Crippen LogP contribution < -0.4 is 20.1 Å². The minimum absolute atomic E-state index is 0.00583. The van der Waals surface area contributed by atoms with Crippen LogP contribution in [0.2, 0.25) is 0 Å². The summed E-state index contributed by atoms with van der Waals surface area (Å²) in [6, 6.07) is 20.3. The summed E-state index contributed by atoms with van der Waals surface area (Å²) in [6.07, 6.45) is 16.3. The number of rotatable bonds is 4. The average Bonchev–Trinajstić information content (AvgIpc) is 3.78. The number of nitrogens with one attached hydrogen (secondary N) is 3. The molecule has 10 nitrogen and oxygen atoms in total. The average molecular weight is 785 g/mol. The predicted molar refractivity (Wildman–Crippen MR) is 227 cm³/mol. The van der Waals surface area contributed by atoms with Gasteiger partial charge in [0.15, 0.2) is 0 Å². The highest BCUT2D eigenvalue weighted by Gasteiger charge is 2.47. The van der Waals surface area contributed by atoms with E-state index in [0.717, 1.165) is 121 Å². The molecule has 0 radical (unpaired) electrons. The van der Waals surface area contributed by atoms with Gasteiger partial charge in [0.2, 0.25) is 0 Å². The van der Waals surface area contributed by atoms with Crippen LogP contribution in [0.3, 0.4) is 0 Å². The van der Waals surface area contributed by atoms with Gasteiger partial charge in [-0.1, -0.05) is 0 Å². The van der Waals surface area contributed by atoms with Crippen molar-refractivity contribution in [2.75, 3.05) is 14.2 Å². The van der Waals surface area contributed by atoms with E-state index in [4.69, 9.17) is 19.4 Å². The van der Waals surface area contributed by atoms with E-state index >= 15 is 0 Å². The number of carbonyl (C=O) groups excluding carboxylic acids is 2. The molecule has 2 saturated carbocycles. The molecule has 12 rings (SSSR count). The Morgan fingerprint density at radius 1 is 0.644 bits per heavy atom. The lowest BCUT2D eigenvalue weighted by atomic mass is 9.71. The van der Waals surface area contributed by atoms with E-state index in [1.807, 2.05) is 60.9 Å². The SMILES string of the molecule is COc1ccc(-c2cc3c(cn2)CCc2c-3[nH]c3c2C(=O)NC2(CCC2)C3)cc1.COc1ccc(-c2cc3c(cn2)CCc2c4c(n(C)c2-3)CC2(CCC2)NC4=O)cc1. The Morgan fingerprint density at radius 3 is 1.73 bits per heavy atom. The van der Waals surface area contributed by atoms with E-state index in [-0.39, 0.29) is 22.9 Å².